The van der Waals surface area contributed by atoms with Crippen LogP contribution in [-0.2, 0) is 0 Å². The van der Waals surface area contributed by atoms with Gasteiger partial charge in [-0.3, -0.25) is 4.79 Å². The van der Waals surface area contributed by atoms with Crippen LogP contribution in [0.1, 0.15) is 16.8 Å². The first-order chi connectivity index (χ1) is 8.54. The Bertz CT molecular complexity index is 713. The molecule has 5 heteroatoms. The first kappa shape index (κ1) is 12.3. The van der Waals surface area contributed by atoms with E-state index in [9.17, 15) is 4.79 Å². The first-order valence-electron chi connectivity index (χ1n) is 5.31. The third-order valence-corrected chi connectivity index (χ3v) is 2.90. The summed E-state index contributed by atoms with van der Waals surface area (Å²) in [7, 11) is 0. The Kier molecular flexibility index (Phi) is 3.17. The summed E-state index contributed by atoms with van der Waals surface area (Å²) in [4.78, 5) is 12.1. The maximum absolute atomic E-state index is 12.1. The van der Waals surface area contributed by atoms with E-state index in [1.807, 2.05) is 6.07 Å². The van der Waals surface area contributed by atoms with E-state index in [0.29, 0.717) is 27.5 Å². The first-order valence-corrected chi connectivity index (χ1v) is 5.69. The van der Waals surface area contributed by atoms with Crippen molar-refractivity contribution in [3.63, 3.8) is 0 Å². The highest BCUT2D eigenvalue weighted by Gasteiger charge is 2.12. The number of aryl methyl sites for hydroxylation is 1. The summed E-state index contributed by atoms with van der Waals surface area (Å²) in [6.45, 7) is 3.32. The maximum atomic E-state index is 12.1. The average Bonchev–Trinajstić information content (AvgIpc) is 2.34. The monoisotopic (exact) mass is 259 g/mol. The molecule has 0 saturated heterocycles. The fraction of sp³-hybridized carbons (Fsp3) is 0.154. The van der Waals surface area contributed by atoms with Crippen molar-refractivity contribution in [2.45, 2.75) is 13.8 Å². The second-order valence-electron chi connectivity index (χ2n) is 3.89. The van der Waals surface area contributed by atoms with Crippen molar-refractivity contribution in [1.29, 1.82) is 5.26 Å². The topological polar surface area (TPSA) is 58.7 Å². The van der Waals surface area contributed by atoms with Crippen LogP contribution in [0.5, 0.6) is 0 Å². The highest BCUT2D eigenvalue weighted by molar-refractivity contribution is 6.30. The van der Waals surface area contributed by atoms with Crippen LogP contribution < -0.4 is 5.56 Å². The quantitative estimate of drug-likeness (QED) is 0.790. The summed E-state index contributed by atoms with van der Waals surface area (Å²) in [5, 5.41) is 13.6. The molecule has 2 rings (SSSR count). The molecule has 0 spiro atoms. The number of nitrogens with zero attached hydrogens (tertiary/aromatic N) is 3. The minimum Gasteiger partial charge on any atom is -0.267 e. The Balaban J connectivity index is 2.75. The van der Waals surface area contributed by atoms with Gasteiger partial charge in [-0.05, 0) is 32.0 Å². The Morgan fingerprint density at radius 2 is 2.11 bits per heavy atom. The highest BCUT2D eigenvalue weighted by Crippen LogP contribution is 2.14. The summed E-state index contributed by atoms with van der Waals surface area (Å²) < 4.78 is 1.26. The van der Waals surface area contributed by atoms with Gasteiger partial charge in [-0.1, -0.05) is 17.7 Å². The molecule has 0 bridgehead atoms. The summed E-state index contributed by atoms with van der Waals surface area (Å²) in [6, 6.07) is 8.85. The Morgan fingerprint density at radius 1 is 1.39 bits per heavy atom. The number of halogens is 1. The van der Waals surface area contributed by atoms with Crippen molar-refractivity contribution < 1.29 is 0 Å². The van der Waals surface area contributed by atoms with Crippen LogP contribution >= 0.6 is 11.6 Å². The van der Waals surface area contributed by atoms with E-state index < -0.39 is 0 Å². The minimum absolute atomic E-state index is 0.306. The fourth-order valence-electron chi connectivity index (χ4n) is 1.73. The smallest absolute Gasteiger partial charge is 0.267 e. The minimum atomic E-state index is -0.306. The van der Waals surface area contributed by atoms with Crippen LogP contribution in [0.4, 0.5) is 0 Å². The number of aromatic nitrogens is 2. The van der Waals surface area contributed by atoms with Gasteiger partial charge < -0.3 is 0 Å². The average molecular weight is 260 g/mol. The van der Waals surface area contributed by atoms with Gasteiger partial charge in [-0.25, -0.2) is 0 Å². The van der Waals surface area contributed by atoms with Gasteiger partial charge in [-0.15, -0.1) is 0 Å². The molecule has 0 unspecified atom stereocenters. The zero-order chi connectivity index (χ0) is 13.3. The largest absolute Gasteiger partial charge is 0.275 e. The zero-order valence-corrected chi connectivity index (χ0v) is 10.7. The van der Waals surface area contributed by atoms with Gasteiger partial charge in [0.25, 0.3) is 5.56 Å². The lowest BCUT2D eigenvalue weighted by atomic mass is 10.1. The second kappa shape index (κ2) is 4.63. The van der Waals surface area contributed by atoms with Gasteiger partial charge in [0.2, 0.25) is 0 Å². The number of hydrogen-bond acceptors (Lipinski definition) is 3. The standard InChI is InChI=1S/C13H10ClN3O/c1-8-12(7-15)9(2)16-17(13(8)18)11-5-3-4-10(14)6-11/h3-6H,1-2H3. The highest BCUT2D eigenvalue weighted by atomic mass is 35.5. The lowest BCUT2D eigenvalue weighted by Gasteiger charge is -2.08. The third kappa shape index (κ3) is 2.01. The van der Waals surface area contributed by atoms with Gasteiger partial charge in [0.05, 0.1) is 16.9 Å². The molecule has 18 heavy (non-hydrogen) atoms. The SMILES string of the molecule is Cc1nn(-c2cccc(Cl)c2)c(=O)c(C)c1C#N. The van der Waals surface area contributed by atoms with Gasteiger partial charge in [0, 0.05) is 10.6 Å². The molecule has 0 N–H and O–H groups in total. The number of hydrogen-bond donors (Lipinski definition) is 0. The number of rotatable bonds is 1. The van der Waals surface area contributed by atoms with Crippen LogP contribution in [0.3, 0.4) is 0 Å². The van der Waals surface area contributed by atoms with Crippen molar-refractivity contribution in [2.24, 2.45) is 0 Å². The molecule has 1 aromatic carbocycles. The lowest BCUT2D eigenvalue weighted by Crippen LogP contribution is -2.25. The predicted molar refractivity (Wildman–Crippen MR) is 69.0 cm³/mol. The Labute approximate surface area is 109 Å². The molecule has 0 radical (unpaired) electrons. The molecule has 1 heterocycles. The summed E-state index contributed by atoms with van der Waals surface area (Å²) in [5.74, 6) is 0. The maximum Gasteiger partial charge on any atom is 0.275 e. The summed E-state index contributed by atoms with van der Waals surface area (Å²) in [5.41, 5.74) is 1.53. The van der Waals surface area contributed by atoms with Crippen molar-refractivity contribution in [2.75, 3.05) is 0 Å². The van der Waals surface area contributed by atoms with Crippen molar-refractivity contribution in [3.05, 3.63) is 56.5 Å². The van der Waals surface area contributed by atoms with Crippen molar-refractivity contribution in [3.8, 4) is 11.8 Å². The molecule has 0 saturated carbocycles. The van der Waals surface area contributed by atoms with Crippen LogP contribution in [0.2, 0.25) is 5.02 Å². The summed E-state index contributed by atoms with van der Waals surface area (Å²) >= 11 is 5.89. The lowest BCUT2D eigenvalue weighted by molar-refractivity contribution is 0.772. The van der Waals surface area contributed by atoms with E-state index >= 15 is 0 Å². The normalized spacial score (nSPS) is 10.1. The van der Waals surface area contributed by atoms with Crippen LogP contribution in [-0.4, -0.2) is 9.78 Å². The van der Waals surface area contributed by atoms with E-state index in [1.165, 1.54) is 4.68 Å². The third-order valence-electron chi connectivity index (χ3n) is 2.66. The fourth-order valence-corrected chi connectivity index (χ4v) is 1.91. The molecule has 90 valence electrons. The molecular formula is C13H10ClN3O. The van der Waals surface area contributed by atoms with E-state index in [-0.39, 0.29) is 5.56 Å². The zero-order valence-electron chi connectivity index (χ0n) is 9.94. The molecule has 1 aromatic heterocycles. The van der Waals surface area contributed by atoms with E-state index in [1.54, 1.807) is 38.1 Å². The van der Waals surface area contributed by atoms with E-state index in [4.69, 9.17) is 16.9 Å². The number of benzene rings is 1. The molecule has 0 aliphatic rings. The molecule has 0 amide bonds. The molecule has 4 nitrogen and oxygen atoms in total. The van der Waals surface area contributed by atoms with Gasteiger partial charge in [-0.2, -0.15) is 15.0 Å². The molecule has 2 aromatic rings. The predicted octanol–water partition coefficient (Wildman–Crippen LogP) is 2.37. The Hall–Kier alpha value is -2.12. The van der Waals surface area contributed by atoms with Crippen molar-refractivity contribution >= 4 is 11.6 Å². The van der Waals surface area contributed by atoms with Crippen LogP contribution in [0, 0.1) is 25.2 Å². The Morgan fingerprint density at radius 3 is 2.72 bits per heavy atom. The molecule has 0 aliphatic carbocycles. The molecule has 0 atom stereocenters. The summed E-state index contributed by atoms with van der Waals surface area (Å²) in [6.07, 6.45) is 0. The van der Waals surface area contributed by atoms with Gasteiger partial charge >= 0.3 is 0 Å². The van der Waals surface area contributed by atoms with Crippen LogP contribution in [0.15, 0.2) is 29.1 Å². The molecular weight excluding hydrogens is 250 g/mol. The number of nitriles is 1. The van der Waals surface area contributed by atoms with Gasteiger partial charge in [0.15, 0.2) is 0 Å². The second-order valence-corrected chi connectivity index (χ2v) is 4.33. The van der Waals surface area contributed by atoms with E-state index in [0.717, 1.165) is 0 Å². The van der Waals surface area contributed by atoms with Gasteiger partial charge in [0.1, 0.15) is 6.07 Å². The van der Waals surface area contributed by atoms with Crippen molar-refractivity contribution in [1.82, 2.24) is 9.78 Å². The van der Waals surface area contributed by atoms with E-state index in [2.05, 4.69) is 5.10 Å². The van der Waals surface area contributed by atoms with Crippen LogP contribution in [0.25, 0.3) is 5.69 Å². The molecule has 0 fully saturated rings. The molecule has 0 aliphatic heterocycles.